The average molecular weight is 436 g/mol. The Morgan fingerprint density at radius 1 is 1.14 bits per heavy atom. The third-order valence-electron chi connectivity index (χ3n) is 3.51. The number of nitrogens with one attached hydrogen (secondary N) is 2. The average Bonchev–Trinajstić information content (AvgIpc) is 2.62. The fraction of sp³-hybridized carbons (Fsp3) is 0.235. The molecule has 2 N–H and O–H groups in total. The van der Waals surface area contributed by atoms with Crippen LogP contribution in [0, 0.1) is 0 Å². The predicted molar refractivity (Wildman–Crippen MR) is 97.2 cm³/mol. The van der Waals surface area contributed by atoms with E-state index in [1.807, 2.05) is 5.32 Å². The van der Waals surface area contributed by atoms with E-state index in [0.29, 0.717) is 0 Å². The molecule has 1 aromatic carbocycles. The molecule has 11 heteroatoms. The number of amides is 1. The standard InChI is InChI=1S/C17H14Cl2F3N3O3/c1-2-28-15(27)16(17(20,21)22,24-12-8-5-9-23-13(12)19)25-14(26)10-6-3-4-7-11(10)18/h3-9,24H,2H2,1H3,(H,25,26)/t16-/m1/s1. The molecule has 0 fully saturated rings. The molecule has 2 rings (SSSR count). The maximum atomic E-state index is 14.1. The van der Waals surface area contributed by atoms with Gasteiger partial charge in [0.1, 0.15) is 0 Å². The number of hydrogen-bond acceptors (Lipinski definition) is 5. The highest BCUT2D eigenvalue weighted by molar-refractivity contribution is 6.34. The van der Waals surface area contributed by atoms with Crippen molar-refractivity contribution in [3.05, 3.63) is 58.3 Å². The molecule has 6 nitrogen and oxygen atoms in total. The minimum atomic E-state index is -5.31. The van der Waals surface area contributed by atoms with E-state index < -0.39 is 23.7 Å². The first-order valence-electron chi connectivity index (χ1n) is 7.82. The Morgan fingerprint density at radius 3 is 2.39 bits per heavy atom. The van der Waals surface area contributed by atoms with Crippen molar-refractivity contribution in [1.29, 1.82) is 0 Å². The van der Waals surface area contributed by atoms with Crippen molar-refractivity contribution >= 4 is 40.8 Å². The van der Waals surface area contributed by atoms with Gasteiger partial charge in [0.05, 0.1) is 22.9 Å². The Bertz CT molecular complexity index is 880. The quantitative estimate of drug-likeness (QED) is 0.406. The van der Waals surface area contributed by atoms with Crippen LogP contribution in [0.25, 0.3) is 0 Å². The first-order chi connectivity index (χ1) is 13.1. The number of hydrogen-bond donors (Lipinski definition) is 2. The minimum Gasteiger partial charge on any atom is -0.463 e. The van der Waals surface area contributed by atoms with E-state index in [-0.39, 0.29) is 28.0 Å². The molecule has 0 saturated carbocycles. The van der Waals surface area contributed by atoms with E-state index in [1.54, 1.807) is 5.32 Å². The molecule has 1 heterocycles. The lowest BCUT2D eigenvalue weighted by atomic mass is 10.1. The largest absolute Gasteiger partial charge is 0.463 e. The lowest BCUT2D eigenvalue weighted by Crippen LogP contribution is -2.69. The van der Waals surface area contributed by atoms with E-state index >= 15 is 0 Å². The number of esters is 1. The Morgan fingerprint density at radius 2 is 1.82 bits per heavy atom. The molecule has 0 aliphatic carbocycles. The number of carbonyl (C=O) groups excluding carboxylic acids is 2. The Labute approximate surface area is 168 Å². The molecule has 0 aliphatic rings. The van der Waals surface area contributed by atoms with Crippen LogP contribution < -0.4 is 10.6 Å². The van der Waals surface area contributed by atoms with Gasteiger partial charge in [-0.1, -0.05) is 35.3 Å². The second-order valence-electron chi connectivity index (χ2n) is 5.37. The van der Waals surface area contributed by atoms with Crippen LogP contribution in [0.15, 0.2) is 42.6 Å². The van der Waals surface area contributed by atoms with Gasteiger partial charge in [0.25, 0.3) is 5.91 Å². The van der Waals surface area contributed by atoms with E-state index in [1.165, 1.54) is 43.5 Å². The lowest BCUT2D eigenvalue weighted by Gasteiger charge is -2.35. The molecule has 1 atom stereocenters. The highest BCUT2D eigenvalue weighted by Gasteiger charge is 2.64. The maximum absolute atomic E-state index is 14.1. The summed E-state index contributed by atoms with van der Waals surface area (Å²) >= 11 is 11.7. The second kappa shape index (κ2) is 8.66. The van der Waals surface area contributed by atoms with Crippen molar-refractivity contribution < 1.29 is 27.5 Å². The number of benzene rings is 1. The van der Waals surface area contributed by atoms with Gasteiger partial charge in [-0.25, -0.2) is 9.78 Å². The first kappa shape index (κ1) is 21.8. The number of alkyl halides is 3. The monoisotopic (exact) mass is 435 g/mol. The first-order valence-corrected chi connectivity index (χ1v) is 8.57. The zero-order valence-corrected chi connectivity index (χ0v) is 15.8. The number of anilines is 1. The summed E-state index contributed by atoms with van der Waals surface area (Å²) in [5, 5.41) is 3.17. The summed E-state index contributed by atoms with van der Waals surface area (Å²) in [5.74, 6) is -3.02. The number of carbonyl (C=O) groups is 2. The van der Waals surface area contributed by atoms with Crippen LogP contribution in [0.4, 0.5) is 18.9 Å². The predicted octanol–water partition coefficient (Wildman–Crippen LogP) is 4.05. The molecule has 0 unspecified atom stereocenters. The minimum absolute atomic E-state index is 0.0978. The molecule has 28 heavy (non-hydrogen) atoms. The third-order valence-corrected chi connectivity index (χ3v) is 4.14. The van der Waals surface area contributed by atoms with E-state index in [0.717, 1.165) is 6.07 Å². The summed E-state index contributed by atoms with van der Waals surface area (Å²) in [6.07, 6.45) is -4.06. The Kier molecular flexibility index (Phi) is 6.73. The van der Waals surface area contributed by atoms with Crippen LogP contribution in [0.1, 0.15) is 17.3 Å². The van der Waals surface area contributed by atoms with E-state index in [4.69, 9.17) is 23.2 Å². The fourth-order valence-corrected chi connectivity index (χ4v) is 2.58. The summed E-state index contributed by atoms with van der Waals surface area (Å²) in [5.41, 5.74) is -4.23. The summed E-state index contributed by atoms with van der Waals surface area (Å²) in [4.78, 5) is 28.5. The van der Waals surface area contributed by atoms with Crippen molar-refractivity contribution in [3.8, 4) is 0 Å². The summed E-state index contributed by atoms with van der Waals surface area (Å²) in [7, 11) is 0. The fourth-order valence-electron chi connectivity index (χ4n) is 2.19. The van der Waals surface area contributed by atoms with Crippen molar-refractivity contribution in [2.75, 3.05) is 11.9 Å². The second-order valence-corrected chi connectivity index (χ2v) is 6.13. The molecule has 0 radical (unpaired) electrons. The highest BCUT2D eigenvalue weighted by atomic mass is 35.5. The Hall–Kier alpha value is -2.52. The van der Waals surface area contributed by atoms with Gasteiger partial charge in [-0.05, 0) is 31.2 Å². The van der Waals surface area contributed by atoms with Crippen LogP contribution in [0.5, 0.6) is 0 Å². The van der Waals surface area contributed by atoms with Gasteiger partial charge in [0.2, 0.25) is 0 Å². The number of rotatable bonds is 6. The summed E-state index contributed by atoms with van der Waals surface area (Å²) in [6.45, 7) is 0.965. The molecular formula is C17H14Cl2F3N3O3. The van der Waals surface area contributed by atoms with E-state index in [9.17, 15) is 22.8 Å². The number of halogens is 5. The molecule has 2 aromatic rings. The van der Waals surface area contributed by atoms with Crippen LogP contribution in [-0.2, 0) is 9.53 Å². The zero-order chi connectivity index (χ0) is 20.9. The molecule has 1 aromatic heterocycles. The topological polar surface area (TPSA) is 80.3 Å². The van der Waals surface area contributed by atoms with Gasteiger partial charge in [-0.15, -0.1) is 0 Å². The number of nitrogens with zero attached hydrogens (tertiary/aromatic N) is 1. The normalized spacial score (nSPS) is 13.4. The maximum Gasteiger partial charge on any atom is 0.441 e. The van der Waals surface area contributed by atoms with E-state index in [2.05, 4.69) is 9.72 Å². The Balaban J connectivity index is 2.56. The summed E-state index contributed by atoms with van der Waals surface area (Å²) < 4.78 is 46.8. The molecule has 150 valence electrons. The van der Waals surface area contributed by atoms with Crippen LogP contribution in [0.2, 0.25) is 10.2 Å². The van der Waals surface area contributed by atoms with Gasteiger partial charge in [0.15, 0.2) is 5.15 Å². The van der Waals surface area contributed by atoms with Gasteiger partial charge < -0.3 is 15.4 Å². The highest BCUT2D eigenvalue weighted by Crippen LogP contribution is 2.35. The van der Waals surface area contributed by atoms with Crippen LogP contribution in [-0.4, -0.2) is 35.3 Å². The lowest BCUT2D eigenvalue weighted by molar-refractivity contribution is -0.204. The molecule has 0 spiro atoms. The number of pyridine rings is 1. The molecular weight excluding hydrogens is 422 g/mol. The van der Waals surface area contributed by atoms with Gasteiger partial charge in [-0.2, -0.15) is 13.2 Å². The number of ether oxygens (including phenoxy) is 1. The van der Waals surface area contributed by atoms with Gasteiger partial charge in [0, 0.05) is 6.20 Å². The van der Waals surface area contributed by atoms with Gasteiger partial charge >= 0.3 is 17.8 Å². The molecule has 0 bridgehead atoms. The van der Waals surface area contributed by atoms with Gasteiger partial charge in [-0.3, -0.25) is 4.79 Å². The number of aromatic nitrogens is 1. The van der Waals surface area contributed by atoms with Crippen molar-refractivity contribution in [2.24, 2.45) is 0 Å². The smallest absolute Gasteiger partial charge is 0.441 e. The molecule has 1 amide bonds. The van der Waals surface area contributed by atoms with Crippen LogP contribution in [0.3, 0.4) is 0 Å². The van der Waals surface area contributed by atoms with Crippen LogP contribution >= 0.6 is 23.2 Å². The van der Waals surface area contributed by atoms with Crippen molar-refractivity contribution in [1.82, 2.24) is 10.3 Å². The van der Waals surface area contributed by atoms with Crippen molar-refractivity contribution in [2.45, 2.75) is 18.8 Å². The van der Waals surface area contributed by atoms with Crippen molar-refractivity contribution in [3.63, 3.8) is 0 Å². The third kappa shape index (κ3) is 4.48. The SMILES string of the molecule is CCOC(=O)[C@](NC(=O)c1ccccc1Cl)(Nc1cccnc1Cl)C(F)(F)F. The molecule has 0 saturated heterocycles. The molecule has 0 aliphatic heterocycles. The summed E-state index contributed by atoms with van der Waals surface area (Å²) in [6, 6.07) is 7.90. The zero-order valence-electron chi connectivity index (χ0n) is 14.3.